The molecule has 0 spiro atoms. The second-order valence-electron chi connectivity index (χ2n) is 5.97. The number of hydrogen-bond acceptors (Lipinski definition) is 5. The van der Waals surface area contributed by atoms with Crippen LogP contribution < -0.4 is 15.8 Å². The fraction of sp³-hybridized carbons (Fsp3) is 0.600. The summed E-state index contributed by atoms with van der Waals surface area (Å²) in [6, 6.07) is 3.27. The van der Waals surface area contributed by atoms with E-state index < -0.39 is 10.0 Å². The first kappa shape index (κ1) is 19.7. The molecule has 1 aliphatic rings. The van der Waals surface area contributed by atoms with E-state index in [1.807, 2.05) is 0 Å². The van der Waals surface area contributed by atoms with Crippen LogP contribution in [0.3, 0.4) is 0 Å². The van der Waals surface area contributed by atoms with Gasteiger partial charge in [-0.15, -0.1) is 11.3 Å². The van der Waals surface area contributed by atoms with Gasteiger partial charge in [0.25, 0.3) is 0 Å². The highest BCUT2D eigenvalue weighted by molar-refractivity contribution is 7.91. The van der Waals surface area contributed by atoms with Gasteiger partial charge in [0.15, 0.2) is 5.96 Å². The zero-order valence-corrected chi connectivity index (χ0v) is 16.1. The number of primary sulfonamides is 1. The van der Waals surface area contributed by atoms with Crippen LogP contribution in [0.4, 0.5) is 0 Å². The summed E-state index contributed by atoms with van der Waals surface area (Å²) in [5, 5.41) is 11.1. The first-order chi connectivity index (χ1) is 11.8. The first-order valence-corrected chi connectivity index (χ1v) is 10.5. The van der Waals surface area contributed by atoms with Gasteiger partial charge in [0.1, 0.15) is 4.21 Å². The first-order valence-electron chi connectivity index (χ1n) is 8.11. The monoisotopic (exact) mass is 387 g/mol. The van der Waals surface area contributed by atoms with E-state index in [1.54, 1.807) is 20.2 Å². The number of hydrogen-bond donors (Lipinski definition) is 3. The maximum absolute atomic E-state index is 11.5. The van der Waals surface area contributed by atoms with Crippen molar-refractivity contribution in [2.75, 3.05) is 27.2 Å². The smallest absolute Gasteiger partial charge is 0.247 e. The largest absolute Gasteiger partial charge is 0.359 e. The third-order valence-corrected chi connectivity index (χ3v) is 6.74. The predicted octanol–water partition coefficient (Wildman–Crippen LogP) is 0.319. The molecule has 2 rings (SSSR count). The highest BCUT2D eigenvalue weighted by Crippen LogP contribution is 2.22. The molecule has 4 N–H and O–H groups in total. The molecule has 0 bridgehead atoms. The maximum Gasteiger partial charge on any atom is 0.247 e. The van der Waals surface area contributed by atoms with Gasteiger partial charge in [-0.05, 0) is 30.9 Å². The molecule has 0 unspecified atom stereocenters. The van der Waals surface area contributed by atoms with Crippen molar-refractivity contribution in [1.29, 1.82) is 0 Å². The lowest BCUT2D eigenvalue weighted by Crippen LogP contribution is -2.45. The molecule has 1 aromatic heterocycles. The Bertz CT molecular complexity index is 721. The standard InChI is InChI=1S/C15H25N5O3S2/c1-17-13(21)9-11-5-7-20(8-6-11)15(18-2)19-10-12-3-4-14(24-12)25(16,22)23/h3-4,11H,5-10H2,1-2H3,(H,17,21)(H,18,19)(H2,16,22,23). The SMILES string of the molecule is CN=C(NCc1ccc(S(N)(=O)=O)s1)N1CCC(CC(=O)NC)CC1. The molecule has 0 aromatic carbocycles. The number of carbonyl (C=O) groups is 1. The maximum atomic E-state index is 11.5. The van der Waals surface area contributed by atoms with Crippen molar-refractivity contribution in [3.05, 3.63) is 17.0 Å². The number of rotatable bonds is 5. The Morgan fingerprint density at radius 1 is 1.40 bits per heavy atom. The Morgan fingerprint density at radius 3 is 2.60 bits per heavy atom. The summed E-state index contributed by atoms with van der Waals surface area (Å²) < 4.78 is 22.8. The van der Waals surface area contributed by atoms with Gasteiger partial charge >= 0.3 is 0 Å². The number of sulfonamides is 1. The van der Waals surface area contributed by atoms with Crippen LogP contribution in [0, 0.1) is 5.92 Å². The van der Waals surface area contributed by atoms with E-state index in [4.69, 9.17) is 5.14 Å². The topological polar surface area (TPSA) is 117 Å². The normalized spacial score (nSPS) is 16.8. The van der Waals surface area contributed by atoms with Gasteiger partial charge in [-0.3, -0.25) is 9.79 Å². The van der Waals surface area contributed by atoms with Crippen molar-refractivity contribution in [2.45, 2.75) is 30.0 Å². The van der Waals surface area contributed by atoms with Crippen LogP contribution in [0.2, 0.25) is 0 Å². The molecule has 8 nitrogen and oxygen atoms in total. The van der Waals surface area contributed by atoms with Gasteiger partial charge in [-0.1, -0.05) is 0 Å². The number of aliphatic imine (C=N–C) groups is 1. The lowest BCUT2D eigenvalue weighted by Gasteiger charge is -2.34. The Kier molecular flexibility index (Phi) is 6.79. The van der Waals surface area contributed by atoms with Crippen LogP contribution in [0.25, 0.3) is 0 Å². The summed E-state index contributed by atoms with van der Waals surface area (Å²) in [7, 11) is -0.260. The Balaban J connectivity index is 1.85. The third-order valence-electron chi connectivity index (χ3n) is 4.22. The van der Waals surface area contributed by atoms with Crippen molar-refractivity contribution < 1.29 is 13.2 Å². The zero-order chi connectivity index (χ0) is 18.4. The van der Waals surface area contributed by atoms with Crippen molar-refractivity contribution >= 4 is 33.2 Å². The number of thiophene rings is 1. The summed E-state index contributed by atoms with van der Waals surface area (Å²) in [5.41, 5.74) is 0. The van der Waals surface area contributed by atoms with Crippen molar-refractivity contribution in [2.24, 2.45) is 16.0 Å². The van der Waals surface area contributed by atoms with Gasteiger partial charge in [0.2, 0.25) is 15.9 Å². The zero-order valence-electron chi connectivity index (χ0n) is 14.5. The molecule has 0 radical (unpaired) electrons. The molecule has 1 fully saturated rings. The summed E-state index contributed by atoms with van der Waals surface area (Å²) in [6.45, 7) is 2.17. The number of carbonyl (C=O) groups excluding carboxylic acids is 1. The molecular formula is C15H25N5O3S2. The molecule has 140 valence electrons. The van der Waals surface area contributed by atoms with Crippen molar-refractivity contribution in [3.8, 4) is 0 Å². The van der Waals surface area contributed by atoms with Crippen LogP contribution >= 0.6 is 11.3 Å². The summed E-state index contributed by atoms with van der Waals surface area (Å²) in [4.78, 5) is 18.8. The third kappa shape index (κ3) is 5.68. The Hall–Kier alpha value is -1.65. The lowest BCUT2D eigenvalue weighted by atomic mass is 9.93. The Morgan fingerprint density at radius 2 is 2.08 bits per heavy atom. The van der Waals surface area contributed by atoms with E-state index in [0.29, 0.717) is 18.9 Å². The van der Waals surface area contributed by atoms with Crippen LogP contribution in [-0.2, 0) is 21.4 Å². The minimum Gasteiger partial charge on any atom is -0.359 e. The molecule has 25 heavy (non-hydrogen) atoms. The highest BCUT2D eigenvalue weighted by atomic mass is 32.2. The molecule has 0 atom stereocenters. The minimum atomic E-state index is -3.65. The molecular weight excluding hydrogens is 362 g/mol. The number of likely N-dealkylation sites (tertiary alicyclic amines) is 1. The average Bonchev–Trinajstić information content (AvgIpc) is 3.06. The molecule has 10 heteroatoms. The van der Waals surface area contributed by atoms with E-state index in [9.17, 15) is 13.2 Å². The quantitative estimate of drug-likeness (QED) is 0.497. The van der Waals surface area contributed by atoms with E-state index in [2.05, 4.69) is 20.5 Å². The summed E-state index contributed by atoms with van der Waals surface area (Å²) in [6.07, 6.45) is 2.47. The molecule has 2 heterocycles. The molecule has 1 saturated heterocycles. The van der Waals surface area contributed by atoms with Gasteiger partial charge in [0.05, 0.1) is 6.54 Å². The van der Waals surface area contributed by atoms with E-state index in [1.165, 1.54) is 6.07 Å². The van der Waals surface area contributed by atoms with Crippen molar-refractivity contribution in [1.82, 2.24) is 15.5 Å². The van der Waals surface area contributed by atoms with E-state index >= 15 is 0 Å². The predicted molar refractivity (Wildman–Crippen MR) is 98.9 cm³/mol. The molecule has 0 saturated carbocycles. The number of amides is 1. The Labute approximate surface area is 152 Å². The van der Waals surface area contributed by atoms with Crippen molar-refractivity contribution in [3.63, 3.8) is 0 Å². The fourth-order valence-electron chi connectivity index (χ4n) is 2.82. The molecule has 1 aliphatic heterocycles. The van der Waals surface area contributed by atoms with Crippen LogP contribution in [0.1, 0.15) is 24.1 Å². The summed E-state index contributed by atoms with van der Waals surface area (Å²) >= 11 is 1.16. The van der Waals surface area contributed by atoms with Crippen LogP contribution in [0.15, 0.2) is 21.3 Å². The van der Waals surface area contributed by atoms with E-state index in [0.717, 1.165) is 48.1 Å². The van der Waals surface area contributed by atoms with Gasteiger partial charge in [0, 0.05) is 38.5 Å². The number of nitrogens with zero attached hydrogens (tertiary/aromatic N) is 2. The highest BCUT2D eigenvalue weighted by Gasteiger charge is 2.23. The fourth-order valence-corrected chi connectivity index (χ4v) is 4.54. The van der Waals surface area contributed by atoms with Crippen LogP contribution in [0.5, 0.6) is 0 Å². The average molecular weight is 388 g/mol. The summed E-state index contributed by atoms with van der Waals surface area (Å²) in [5.74, 6) is 1.28. The number of piperidine rings is 1. The molecule has 1 aromatic rings. The number of nitrogens with two attached hydrogens (primary N) is 1. The second-order valence-corrected chi connectivity index (χ2v) is 8.93. The molecule has 1 amide bonds. The van der Waals surface area contributed by atoms with Gasteiger partial charge < -0.3 is 15.5 Å². The van der Waals surface area contributed by atoms with E-state index in [-0.39, 0.29) is 10.1 Å². The molecule has 0 aliphatic carbocycles. The van der Waals surface area contributed by atoms with Gasteiger partial charge in [-0.2, -0.15) is 0 Å². The lowest BCUT2D eigenvalue weighted by molar-refractivity contribution is -0.121. The minimum absolute atomic E-state index is 0.0873. The number of nitrogens with one attached hydrogen (secondary N) is 2. The second kappa shape index (κ2) is 8.63. The number of guanidine groups is 1. The van der Waals surface area contributed by atoms with Gasteiger partial charge in [-0.25, -0.2) is 13.6 Å². The van der Waals surface area contributed by atoms with Crippen LogP contribution in [-0.4, -0.2) is 52.4 Å².